The molecule has 3 heteroatoms. The van der Waals surface area contributed by atoms with Crippen molar-refractivity contribution in [2.45, 2.75) is 26.2 Å². The lowest BCUT2D eigenvalue weighted by molar-refractivity contribution is 0.590. The molecule has 0 amide bonds. The fourth-order valence-corrected chi connectivity index (χ4v) is 10.1. The summed E-state index contributed by atoms with van der Waals surface area (Å²) in [5.74, 6) is 0. The summed E-state index contributed by atoms with van der Waals surface area (Å²) in [6, 6.07) is 44.2. The van der Waals surface area contributed by atoms with Gasteiger partial charge >= 0.3 is 0 Å². The largest absolute Gasteiger partial charge is 0.311 e. The van der Waals surface area contributed by atoms with Gasteiger partial charge in [-0.05, 0) is 102 Å². The van der Waals surface area contributed by atoms with Crippen molar-refractivity contribution in [3.63, 3.8) is 0 Å². The Balaban J connectivity index is 1.35. The zero-order chi connectivity index (χ0) is 29.8. The highest BCUT2D eigenvalue weighted by Crippen LogP contribution is 2.50. The van der Waals surface area contributed by atoms with E-state index in [1.807, 2.05) is 11.3 Å². The molecular weight excluding hydrogens is 561 g/mol. The topological polar surface area (TPSA) is 3.24 Å². The smallest absolute Gasteiger partial charge is 0.250 e. The molecule has 0 N–H and O–H groups in total. The highest BCUT2D eigenvalue weighted by molar-refractivity contribution is 7.26. The maximum atomic E-state index is 2.55. The van der Waals surface area contributed by atoms with Crippen molar-refractivity contribution < 1.29 is 0 Å². The lowest BCUT2D eigenvalue weighted by atomic mass is 9.29. The van der Waals surface area contributed by atoms with Crippen molar-refractivity contribution in [3.8, 4) is 22.3 Å². The third kappa shape index (κ3) is 2.91. The first kappa shape index (κ1) is 24.5. The van der Waals surface area contributed by atoms with Gasteiger partial charge in [0.05, 0.1) is 0 Å². The van der Waals surface area contributed by atoms with Crippen molar-refractivity contribution in [2.75, 3.05) is 4.90 Å². The normalized spacial score (nSPS) is 14.0. The Morgan fingerprint density at radius 3 is 1.96 bits per heavy atom. The highest BCUT2D eigenvalue weighted by Gasteiger charge is 2.46. The van der Waals surface area contributed by atoms with Gasteiger partial charge in [0.2, 0.25) is 6.71 Å². The quantitative estimate of drug-likeness (QED) is 0.172. The van der Waals surface area contributed by atoms with E-state index >= 15 is 0 Å². The van der Waals surface area contributed by atoms with E-state index in [1.165, 1.54) is 103 Å². The molecular formula is C42H28BNS. The SMILES string of the molecule is CC(C)(C)c1ccc(N2c3ccc4cccc5c4c3B3c4c-5cc5c(sc6ccccc65)c4-c4cccc5ccc2c3c45)cc1. The van der Waals surface area contributed by atoms with Crippen molar-refractivity contribution >= 4 is 93.2 Å². The molecule has 45 heavy (non-hydrogen) atoms. The van der Waals surface area contributed by atoms with Crippen LogP contribution in [0, 0.1) is 0 Å². The Kier molecular flexibility index (Phi) is 4.37. The summed E-state index contributed by atoms with van der Waals surface area (Å²) in [4.78, 5) is 2.55. The van der Waals surface area contributed by atoms with Gasteiger partial charge in [-0.15, -0.1) is 11.3 Å². The van der Waals surface area contributed by atoms with E-state index in [4.69, 9.17) is 0 Å². The van der Waals surface area contributed by atoms with Crippen molar-refractivity contribution in [3.05, 3.63) is 121 Å². The third-order valence-corrected chi connectivity index (χ3v) is 11.9. The van der Waals surface area contributed by atoms with Gasteiger partial charge < -0.3 is 4.90 Å². The fraction of sp³-hybridized carbons (Fsp3) is 0.0952. The average Bonchev–Trinajstić information content (AvgIpc) is 3.44. The summed E-state index contributed by atoms with van der Waals surface area (Å²) < 4.78 is 2.79. The first-order chi connectivity index (χ1) is 22.0. The van der Waals surface area contributed by atoms with E-state index in [0.717, 1.165) is 0 Å². The number of benzene rings is 7. The summed E-state index contributed by atoms with van der Waals surface area (Å²) in [6.07, 6.45) is 0. The lowest BCUT2D eigenvalue weighted by Gasteiger charge is -2.43. The van der Waals surface area contributed by atoms with Crippen molar-refractivity contribution in [2.24, 2.45) is 0 Å². The van der Waals surface area contributed by atoms with Crippen LogP contribution in [0.2, 0.25) is 0 Å². The minimum absolute atomic E-state index is 0.108. The number of rotatable bonds is 1. The van der Waals surface area contributed by atoms with Crippen LogP contribution in [-0.2, 0) is 5.41 Å². The van der Waals surface area contributed by atoms with Crippen LogP contribution < -0.4 is 21.3 Å². The molecule has 3 aliphatic rings. The molecule has 7 aromatic carbocycles. The van der Waals surface area contributed by atoms with E-state index < -0.39 is 0 Å². The van der Waals surface area contributed by atoms with Gasteiger partial charge in [0.1, 0.15) is 0 Å². The van der Waals surface area contributed by atoms with E-state index in [2.05, 4.69) is 141 Å². The number of hydrogen-bond acceptors (Lipinski definition) is 2. The Morgan fingerprint density at radius 1 is 0.578 bits per heavy atom. The molecule has 0 bridgehead atoms. The Hall–Kier alpha value is -4.86. The molecule has 1 nitrogen and oxygen atoms in total. The van der Waals surface area contributed by atoms with Crippen LogP contribution >= 0.6 is 11.3 Å². The van der Waals surface area contributed by atoms with Crippen LogP contribution in [0.5, 0.6) is 0 Å². The number of anilines is 3. The van der Waals surface area contributed by atoms with E-state index in [1.54, 1.807) is 0 Å². The van der Waals surface area contributed by atoms with Gasteiger partial charge in [-0.2, -0.15) is 0 Å². The third-order valence-electron chi connectivity index (χ3n) is 10.7. The lowest BCUT2D eigenvalue weighted by Crippen LogP contribution is -2.61. The number of thiophene rings is 1. The zero-order valence-corrected chi connectivity index (χ0v) is 26.2. The predicted octanol–water partition coefficient (Wildman–Crippen LogP) is 9.92. The predicted molar refractivity (Wildman–Crippen MR) is 197 cm³/mol. The summed E-state index contributed by atoms with van der Waals surface area (Å²) in [5, 5.41) is 8.23. The van der Waals surface area contributed by atoms with Gasteiger partial charge in [0.15, 0.2) is 0 Å². The second kappa shape index (κ2) is 8.04. The molecule has 210 valence electrons. The molecule has 0 unspecified atom stereocenters. The Morgan fingerprint density at radius 2 is 1.24 bits per heavy atom. The molecule has 0 saturated heterocycles. The first-order valence-electron chi connectivity index (χ1n) is 16.0. The van der Waals surface area contributed by atoms with Crippen LogP contribution in [0.1, 0.15) is 26.3 Å². The van der Waals surface area contributed by atoms with Crippen molar-refractivity contribution in [1.29, 1.82) is 0 Å². The summed E-state index contributed by atoms with van der Waals surface area (Å²) in [6.45, 7) is 7.07. The maximum Gasteiger partial charge on any atom is 0.250 e. The molecule has 1 aromatic heterocycles. The summed E-state index contributed by atoms with van der Waals surface area (Å²) in [5.41, 5.74) is 15.3. The van der Waals surface area contributed by atoms with Crippen LogP contribution in [0.4, 0.5) is 17.1 Å². The number of nitrogens with zero attached hydrogens (tertiary/aromatic N) is 1. The minimum Gasteiger partial charge on any atom is -0.311 e. The fourth-order valence-electron chi connectivity index (χ4n) is 8.81. The van der Waals surface area contributed by atoms with E-state index in [-0.39, 0.29) is 12.1 Å². The Labute approximate surface area is 266 Å². The standard InChI is InChI=1S/C42H28BNS/c1-42(2,3)25-16-18-26(19-17-25)44-32-20-14-23-8-6-11-28-30-22-31-27-10-4-5-13-34(27)45-41(31)37-29-12-7-9-24-15-21-33(44)40(36(24)29)43(38(30)37)39(32)35(23)28/h4-22H,1-3H3. The molecule has 0 aliphatic carbocycles. The molecule has 4 heterocycles. The van der Waals surface area contributed by atoms with Crippen LogP contribution in [0.25, 0.3) is 64.0 Å². The van der Waals surface area contributed by atoms with Gasteiger partial charge in [-0.25, -0.2) is 0 Å². The first-order valence-corrected chi connectivity index (χ1v) is 16.8. The average molecular weight is 590 g/mol. The van der Waals surface area contributed by atoms with Crippen LogP contribution in [0.3, 0.4) is 0 Å². The minimum atomic E-state index is 0.108. The number of hydrogen-bond donors (Lipinski definition) is 0. The molecule has 8 aromatic rings. The van der Waals surface area contributed by atoms with E-state index in [9.17, 15) is 0 Å². The molecule has 0 atom stereocenters. The second-order valence-corrected chi connectivity index (χ2v) is 15.1. The maximum absolute atomic E-state index is 2.55. The second-order valence-electron chi connectivity index (χ2n) is 14.1. The molecule has 11 rings (SSSR count). The zero-order valence-electron chi connectivity index (χ0n) is 25.4. The molecule has 0 spiro atoms. The molecule has 3 aliphatic heterocycles. The van der Waals surface area contributed by atoms with Gasteiger partial charge in [0, 0.05) is 37.2 Å². The summed E-state index contributed by atoms with van der Waals surface area (Å²) >= 11 is 1.96. The summed E-state index contributed by atoms with van der Waals surface area (Å²) in [7, 11) is 0. The highest BCUT2D eigenvalue weighted by atomic mass is 32.1. The molecule has 0 saturated carbocycles. The number of fused-ring (bicyclic) bond motifs is 6. The van der Waals surface area contributed by atoms with Gasteiger partial charge in [-0.3, -0.25) is 0 Å². The van der Waals surface area contributed by atoms with Gasteiger partial charge in [-0.1, -0.05) is 105 Å². The van der Waals surface area contributed by atoms with Crippen molar-refractivity contribution in [1.82, 2.24) is 0 Å². The van der Waals surface area contributed by atoms with Crippen LogP contribution in [0.15, 0.2) is 115 Å². The van der Waals surface area contributed by atoms with Gasteiger partial charge in [0.25, 0.3) is 0 Å². The van der Waals surface area contributed by atoms with Crippen LogP contribution in [-0.4, -0.2) is 6.71 Å². The molecule has 0 fully saturated rings. The van der Waals surface area contributed by atoms with E-state index in [0.29, 0.717) is 0 Å². The Bertz CT molecular complexity index is 2640. The molecule has 0 radical (unpaired) electrons. The monoisotopic (exact) mass is 589 g/mol.